The second kappa shape index (κ2) is 6.44. The van der Waals surface area contributed by atoms with Crippen LogP contribution < -0.4 is 5.56 Å². The Morgan fingerprint density at radius 2 is 1.82 bits per heavy atom. The lowest BCUT2D eigenvalue weighted by Gasteiger charge is -2.32. The maximum atomic E-state index is 11.9. The lowest BCUT2D eigenvalue weighted by Crippen LogP contribution is -2.32. The Kier molecular flexibility index (Phi) is 4.39. The average molecular weight is 297 g/mol. The first-order valence-electron chi connectivity index (χ1n) is 8.06. The van der Waals surface area contributed by atoms with Gasteiger partial charge in [0.15, 0.2) is 0 Å². The Labute approximate surface area is 131 Å². The molecule has 2 heterocycles. The van der Waals surface area contributed by atoms with Gasteiger partial charge in [0, 0.05) is 6.04 Å². The van der Waals surface area contributed by atoms with Gasteiger partial charge in [-0.05, 0) is 57.0 Å². The van der Waals surface area contributed by atoms with Crippen molar-refractivity contribution in [2.24, 2.45) is 0 Å². The quantitative estimate of drug-likeness (QED) is 0.945. The van der Waals surface area contributed by atoms with Crippen molar-refractivity contribution in [3.05, 3.63) is 51.9 Å². The highest BCUT2D eigenvalue weighted by atomic mass is 16.1. The van der Waals surface area contributed by atoms with Gasteiger partial charge >= 0.3 is 0 Å². The Morgan fingerprint density at radius 3 is 2.50 bits per heavy atom. The summed E-state index contributed by atoms with van der Waals surface area (Å²) in [5.41, 5.74) is 3.63. The van der Waals surface area contributed by atoms with Gasteiger partial charge in [0.25, 0.3) is 5.56 Å². The van der Waals surface area contributed by atoms with Crippen LogP contribution in [0.5, 0.6) is 0 Å². The molecule has 1 N–H and O–H groups in total. The fourth-order valence-corrected chi connectivity index (χ4v) is 3.18. The Bertz CT molecular complexity index is 684. The highest BCUT2D eigenvalue weighted by molar-refractivity contribution is 5.62. The molecule has 0 radical (unpaired) electrons. The van der Waals surface area contributed by atoms with Crippen LogP contribution in [0.3, 0.4) is 0 Å². The van der Waals surface area contributed by atoms with Gasteiger partial charge < -0.3 is 0 Å². The Morgan fingerprint density at radius 1 is 1.14 bits per heavy atom. The molecule has 4 heteroatoms. The van der Waals surface area contributed by atoms with Gasteiger partial charge in [0.05, 0.1) is 11.3 Å². The molecule has 0 amide bonds. The van der Waals surface area contributed by atoms with Gasteiger partial charge in [-0.25, -0.2) is 5.10 Å². The second-order valence-corrected chi connectivity index (χ2v) is 6.15. The molecule has 1 atom stereocenters. The van der Waals surface area contributed by atoms with E-state index in [-0.39, 0.29) is 5.56 Å². The summed E-state index contributed by atoms with van der Waals surface area (Å²) in [6.07, 6.45) is 3.95. The van der Waals surface area contributed by atoms with Gasteiger partial charge in [-0.1, -0.05) is 30.7 Å². The van der Waals surface area contributed by atoms with Crippen LogP contribution in [0.2, 0.25) is 0 Å². The molecular formula is C18H23N3O. The zero-order chi connectivity index (χ0) is 15.5. The number of H-pyrrole nitrogens is 1. The van der Waals surface area contributed by atoms with Gasteiger partial charge in [-0.2, -0.15) is 5.10 Å². The molecule has 1 aromatic carbocycles. The average Bonchev–Trinajstić information content (AvgIpc) is 2.57. The minimum atomic E-state index is -0.137. The molecule has 1 aromatic heterocycles. The zero-order valence-electron chi connectivity index (χ0n) is 13.3. The summed E-state index contributed by atoms with van der Waals surface area (Å²) in [4.78, 5) is 14.5. The van der Waals surface area contributed by atoms with Gasteiger partial charge in [0.1, 0.15) is 0 Å². The van der Waals surface area contributed by atoms with Crippen LogP contribution in [0.15, 0.2) is 35.1 Å². The van der Waals surface area contributed by atoms with E-state index in [0.29, 0.717) is 11.6 Å². The summed E-state index contributed by atoms with van der Waals surface area (Å²) in [6.45, 7) is 6.52. The minimum absolute atomic E-state index is 0.137. The molecular weight excluding hydrogens is 274 g/mol. The molecule has 0 spiro atoms. The number of piperidine rings is 1. The number of aromatic nitrogens is 2. The van der Waals surface area contributed by atoms with Crippen LogP contribution in [0, 0.1) is 6.92 Å². The summed E-state index contributed by atoms with van der Waals surface area (Å²) >= 11 is 0. The van der Waals surface area contributed by atoms with Gasteiger partial charge in [0.2, 0.25) is 0 Å². The molecule has 0 bridgehead atoms. The molecule has 1 saturated heterocycles. The zero-order valence-corrected chi connectivity index (χ0v) is 13.3. The van der Waals surface area contributed by atoms with E-state index in [0.717, 1.165) is 11.3 Å². The van der Waals surface area contributed by atoms with Crippen molar-refractivity contribution in [1.82, 2.24) is 15.1 Å². The van der Waals surface area contributed by atoms with E-state index >= 15 is 0 Å². The Hall–Kier alpha value is -1.94. The SMILES string of the molecule is Cc1cc(-c2ccc([C@@H](C)N3CCCCC3)cc2)c(=O)[nH]n1. The number of aromatic amines is 1. The smallest absolute Gasteiger partial charge is 0.272 e. The van der Waals surface area contributed by atoms with E-state index < -0.39 is 0 Å². The number of benzene rings is 1. The number of aryl methyl sites for hydroxylation is 1. The summed E-state index contributed by atoms with van der Waals surface area (Å²) in [5, 5.41) is 6.47. The number of hydrogen-bond acceptors (Lipinski definition) is 3. The number of likely N-dealkylation sites (tertiary alicyclic amines) is 1. The maximum Gasteiger partial charge on any atom is 0.272 e. The molecule has 0 aliphatic carbocycles. The number of hydrogen-bond donors (Lipinski definition) is 1. The third-order valence-electron chi connectivity index (χ3n) is 4.57. The van der Waals surface area contributed by atoms with Crippen LogP contribution in [0.25, 0.3) is 11.1 Å². The van der Waals surface area contributed by atoms with Crippen molar-refractivity contribution in [2.45, 2.75) is 39.2 Å². The maximum absolute atomic E-state index is 11.9. The van der Waals surface area contributed by atoms with Crippen LogP contribution in [-0.4, -0.2) is 28.2 Å². The topological polar surface area (TPSA) is 49.0 Å². The highest BCUT2D eigenvalue weighted by Crippen LogP contribution is 2.26. The summed E-state index contributed by atoms with van der Waals surface area (Å²) in [6, 6.07) is 10.6. The van der Waals surface area contributed by atoms with Crippen molar-refractivity contribution < 1.29 is 0 Å². The van der Waals surface area contributed by atoms with E-state index in [1.807, 2.05) is 25.1 Å². The second-order valence-electron chi connectivity index (χ2n) is 6.15. The number of nitrogens with one attached hydrogen (secondary N) is 1. The van der Waals surface area contributed by atoms with E-state index in [1.54, 1.807) is 0 Å². The van der Waals surface area contributed by atoms with Crippen molar-refractivity contribution in [1.29, 1.82) is 0 Å². The van der Waals surface area contributed by atoms with Crippen molar-refractivity contribution in [2.75, 3.05) is 13.1 Å². The van der Waals surface area contributed by atoms with Gasteiger partial charge in [-0.3, -0.25) is 9.69 Å². The summed E-state index contributed by atoms with van der Waals surface area (Å²) in [7, 11) is 0. The number of rotatable bonds is 3. The predicted molar refractivity (Wildman–Crippen MR) is 88.9 cm³/mol. The molecule has 0 unspecified atom stereocenters. The van der Waals surface area contributed by atoms with Crippen LogP contribution >= 0.6 is 0 Å². The molecule has 1 fully saturated rings. The molecule has 2 aromatic rings. The van der Waals surface area contributed by atoms with Crippen LogP contribution in [0.4, 0.5) is 0 Å². The molecule has 1 aliphatic heterocycles. The minimum Gasteiger partial charge on any atom is -0.297 e. The molecule has 22 heavy (non-hydrogen) atoms. The van der Waals surface area contributed by atoms with Crippen molar-refractivity contribution >= 4 is 0 Å². The number of nitrogens with zero attached hydrogens (tertiary/aromatic N) is 2. The van der Waals surface area contributed by atoms with Crippen LogP contribution in [-0.2, 0) is 0 Å². The van der Waals surface area contributed by atoms with Crippen molar-refractivity contribution in [3.8, 4) is 11.1 Å². The van der Waals surface area contributed by atoms with Crippen LogP contribution in [0.1, 0.15) is 43.5 Å². The largest absolute Gasteiger partial charge is 0.297 e. The van der Waals surface area contributed by atoms with E-state index in [4.69, 9.17) is 0 Å². The fourth-order valence-electron chi connectivity index (χ4n) is 3.18. The normalized spacial score (nSPS) is 17.4. The third-order valence-corrected chi connectivity index (χ3v) is 4.57. The lowest BCUT2D eigenvalue weighted by atomic mass is 10.00. The predicted octanol–water partition coefficient (Wildman–Crippen LogP) is 3.29. The van der Waals surface area contributed by atoms with Crippen molar-refractivity contribution in [3.63, 3.8) is 0 Å². The highest BCUT2D eigenvalue weighted by Gasteiger charge is 2.18. The third kappa shape index (κ3) is 3.12. The molecule has 3 rings (SSSR count). The molecule has 1 aliphatic rings. The summed E-state index contributed by atoms with van der Waals surface area (Å²) < 4.78 is 0. The lowest BCUT2D eigenvalue weighted by molar-refractivity contribution is 0.175. The standard InChI is InChI=1S/C18H23N3O/c1-13-12-17(18(22)20-19-13)16-8-6-15(7-9-16)14(2)21-10-4-3-5-11-21/h6-9,12,14H,3-5,10-11H2,1-2H3,(H,20,22)/t14-/m1/s1. The summed E-state index contributed by atoms with van der Waals surface area (Å²) in [5.74, 6) is 0. The first-order valence-corrected chi connectivity index (χ1v) is 8.06. The monoisotopic (exact) mass is 297 g/mol. The Balaban J connectivity index is 1.83. The fraction of sp³-hybridized carbons (Fsp3) is 0.444. The first-order chi connectivity index (χ1) is 10.6. The van der Waals surface area contributed by atoms with E-state index in [1.165, 1.54) is 37.9 Å². The molecule has 4 nitrogen and oxygen atoms in total. The first kappa shape index (κ1) is 15.0. The van der Waals surface area contributed by atoms with E-state index in [2.05, 4.69) is 34.2 Å². The molecule has 116 valence electrons. The van der Waals surface area contributed by atoms with E-state index in [9.17, 15) is 4.79 Å². The van der Waals surface area contributed by atoms with Gasteiger partial charge in [-0.15, -0.1) is 0 Å². The molecule has 0 saturated carbocycles.